The predicted octanol–water partition coefficient (Wildman–Crippen LogP) is 1.46. The molecule has 0 aliphatic carbocycles. The van der Waals surface area contributed by atoms with Crippen molar-refractivity contribution in [3.63, 3.8) is 0 Å². The number of halogens is 2. The van der Waals surface area contributed by atoms with Crippen molar-refractivity contribution in [3.05, 3.63) is 0 Å². The first-order chi connectivity index (χ1) is 9.84. The maximum absolute atomic E-state index is 12.1. The first-order valence-corrected chi connectivity index (χ1v) is 7.66. The Bertz CT molecular complexity index is 371. The molecule has 21 heavy (non-hydrogen) atoms. The van der Waals surface area contributed by atoms with Crippen LogP contribution in [0.15, 0.2) is 0 Å². The molecule has 2 unspecified atom stereocenters. The maximum atomic E-state index is 12.1. The molecule has 1 saturated heterocycles. The van der Waals surface area contributed by atoms with Crippen LogP contribution in [-0.4, -0.2) is 65.4 Å². The molecular weight excluding hydrogens is 306 g/mol. The molecule has 0 radical (unpaired) electrons. The van der Waals surface area contributed by atoms with E-state index >= 15 is 0 Å². The number of nitrogens with one attached hydrogen (secondary N) is 1. The van der Waals surface area contributed by atoms with Crippen LogP contribution in [0.5, 0.6) is 0 Å². The van der Waals surface area contributed by atoms with Crippen LogP contribution in [0.25, 0.3) is 0 Å². The molecule has 0 aromatic carbocycles. The lowest BCUT2D eigenvalue weighted by Crippen LogP contribution is -2.51. The average molecular weight is 326 g/mol. The number of carboxylic acid groups (broad SMARTS) is 1. The van der Waals surface area contributed by atoms with E-state index in [1.807, 2.05) is 13.8 Å². The standard InChI is InChI=1S/C12H20F2N2O4S/c1-7(2)10-16(8(6-21-10)11(17)18)12(19)15-3-4-20-5-9(13)14/h7-10H,3-6H2,1-2H3,(H,15,19)(H,17,18). The van der Waals surface area contributed by atoms with Gasteiger partial charge in [-0.25, -0.2) is 18.4 Å². The second-order valence-electron chi connectivity index (χ2n) is 4.93. The predicted molar refractivity (Wildman–Crippen MR) is 74.6 cm³/mol. The molecule has 1 aliphatic heterocycles. The highest BCUT2D eigenvalue weighted by Crippen LogP contribution is 2.33. The monoisotopic (exact) mass is 326 g/mol. The molecule has 0 aromatic heterocycles. The van der Waals surface area contributed by atoms with Gasteiger partial charge in [0.1, 0.15) is 12.6 Å². The number of thioether (sulfide) groups is 1. The van der Waals surface area contributed by atoms with Crippen LogP contribution in [0.4, 0.5) is 13.6 Å². The van der Waals surface area contributed by atoms with Crippen LogP contribution in [0.1, 0.15) is 13.8 Å². The van der Waals surface area contributed by atoms with E-state index in [9.17, 15) is 18.4 Å². The molecule has 0 bridgehead atoms. The van der Waals surface area contributed by atoms with Gasteiger partial charge in [-0.05, 0) is 5.92 Å². The molecule has 9 heteroatoms. The van der Waals surface area contributed by atoms with Crippen LogP contribution in [0, 0.1) is 5.92 Å². The summed E-state index contributed by atoms with van der Waals surface area (Å²) in [5.74, 6) is -0.594. The summed E-state index contributed by atoms with van der Waals surface area (Å²) in [5.41, 5.74) is 0. The zero-order valence-electron chi connectivity index (χ0n) is 11.9. The number of carboxylic acids is 1. The van der Waals surface area contributed by atoms with Gasteiger partial charge in [-0.3, -0.25) is 4.90 Å². The van der Waals surface area contributed by atoms with Gasteiger partial charge in [0.2, 0.25) is 0 Å². The topological polar surface area (TPSA) is 78.9 Å². The van der Waals surface area contributed by atoms with E-state index in [1.54, 1.807) is 0 Å². The van der Waals surface area contributed by atoms with E-state index in [4.69, 9.17) is 5.11 Å². The molecule has 2 amide bonds. The van der Waals surface area contributed by atoms with Crippen molar-refractivity contribution in [2.45, 2.75) is 31.7 Å². The van der Waals surface area contributed by atoms with Crippen molar-refractivity contribution in [2.24, 2.45) is 5.92 Å². The van der Waals surface area contributed by atoms with Crippen LogP contribution in [0.3, 0.4) is 0 Å². The molecule has 0 aromatic rings. The van der Waals surface area contributed by atoms with E-state index in [0.717, 1.165) is 0 Å². The number of hydrogen-bond acceptors (Lipinski definition) is 4. The van der Waals surface area contributed by atoms with Gasteiger partial charge in [0, 0.05) is 12.3 Å². The third-order valence-corrected chi connectivity index (χ3v) is 4.51. The fourth-order valence-corrected chi connectivity index (χ4v) is 3.45. The van der Waals surface area contributed by atoms with E-state index in [1.165, 1.54) is 16.7 Å². The minimum atomic E-state index is -2.54. The largest absolute Gasteiger partial charge is 0.480 e. The number of carbonyl (C=O) groups is 2. The molecule has 1 aliphatic rings. The highest BCUT2D eigenvalue weighted by molar-refractivity contribution is 8.00. The quantitative estimate of drug-likeness (QED) is 0.693. The van der Waals surface area contributed by atoms with Crippen LogP contribution in [-0.2, 0) is 9.53 Å². The highest BCUT2D eigenvalue weighted by Gasteiger charge is 2.42. The number of ether oxygens (including phenoxy) is 1. The summed E-state index contributed by atoms with van der Waals surface area (Å²) in [6.45, 7) is 3.16. The Morgan fingerprint density at radius 2 is 2.14 bits per heavy atom. The van der Waals surface area contributed by atoms with Gasteiger partial charge in [0.25, 0.3) is 6.43 Å². The molecule has 2 atom stereocenters. The normalized spacial score (nSPS) is 22.1. The number of aliphatic carboxylic acids is 1. The molecular formula is C12H20F2N2O4S. The van der Waals surface area contributed by atoms with Crippen molar-refractivity contribution >= 4 is 23.8 Å². The van der Waals surface area contributed by atoms with Crippen LogP contribution < -0.4 is 5.32 Å². The minimum absolute atomic E-state index is 0.0405. The first kappa shape index (κ1) is 18.0. The number of carbonyl (C=O) groups excluding carboxylic acids is 1. The Balaban J connectivity index is 2.49. The molecule has 122 valence electrons. The van der Waals surface area contributed by atoms with Gasteiger partial charge in [-0.2, -0.15) is 0 Å². The van der Waals surface area contributed by atoms with E-state index in [2.05, 4.69) is 10.1 Å². The van der Waals surface area contributed by atoms with Crippen LogP contribution >= 0.6 is 11.8 Å². The van der Waals surface area contributed by atoms with Gasteiger partial charge in [-0.15, -0.1) is 11.8 Å². The SMILES string of the molecule is CC(C)C1SCC(C(=O)O)N1C(=O)NCCOCC(F)F. The number of nitrogens with zero attached hydrogens (tertiary/aromatic N) is 1. The smallest absolute Gasteiger partial charge is 0.327 e. The van der Waals surface area contributed by atoms with Gasteiger partial charge in [0.15, 0.2) is 0 Å². The second-order valence-corrected chi connectivity index (χ2v) is 6.08. The Kier molecular flexibility index (Phi) is 7.16. The Labute approximate surface area is 126 Å². The fourth-order valence-electron chi connectivity index (χ4n) is 1.98. The first-order valence-electron chi connectivity index (χ1n) is 6.61. The van der Waals surface area contributed by atoms with Gasteiger partial charge >= 0.3 is 12.0 Å². The molecule has 0 spiro atoms. The average Bonchev–Trinajstić information content (AvgIpc) is 2.82. The molecule has 1 rings (SSSR count). The lowest BCUT2D eigenvalue weighted by atomic mass is 10.2. The third-order valence-electron chi connectivity index (χ3n) is 2.89. The van der Waals surface area contributed by atoms with Crippen molar-refractivity contribution in [2.75, 3.05) is 25.5 Å². The summed E-state index contributed by atoms with van der Waals surface area (Å²) >= 11 is 1.42. The van der Waals surface area contributed by atoms with Crippen molar-refractivity contribution in [3.8, 4) is 0 Å². The summed E-state index contributed by atoms with van der Waals surface area (Å²) in [4.78, 5) is 24.6. The van der Waals surface area contributed by atoms with Crippen molar-refractivity contribution < 1.29 is 28.2 Å². The Morgan fingerprint density at radius 1 is 1.48 bits per heavy atom. The van der Waals surface area contributed by atoms with E-state index < -0.39 is 31.1 Å². The van der Waals surface area contributed by atoms with Gasteiger partial charge in [-0.1, -0.05) is 13.8 Å². The summed E-state index contributed by atoms with van der Waals surface area (Å²) in [7, 11) is 0. The summed E-state index contributed by atoms with van der Waals surface area (Å²) in [5, 5.41) is 11.5. The Hall–Kier alpha value is -1.09. The number of rotatable bonds is 7. The molecule has 1 heterocycles. The van der Waals surface area contributed by atoms with Crippen LogP contribution in [0.2, 0.25) is 0 Å². The number of alkyl halides is 2. The molecule has 0 saturated carbocycles. The number of amides is 2. The second kappa shape index (κ2) is 8.38. The summed E-state index contributed by atoms with van der Waals surface area (Å²) in [6.07, 6.45) is -2.54. The summed E-state index contributed by atoms with van der Waals surface area (Å²) < 4.78 is 28.4. The number of urea groups is 1. The number of hydrogen-bond donors (Lipinski definition) is 2. The van der Waals surface area contributed by atoms with Gasteiger partial charge < -0.3 is 15.2 Å². The van der Waals surface area contributed by atoms with E-state index in [-0.39, 0.29) is 24.4 Å². The maximum Gasteiger partial charge on any atom is 0.327 e. The Morgan fingerprint density at radius 3 is 2.67 bits per heavy atom. The zero-order chi connectivity index (χ0) is 16.0. The van der Waals surface area contributed by atoms with E-state index in [0.29, 0.717) is 5.75 Å². The fraction of sp³-hybridized carbons (Fsp3) is 0.833. The van der Waals surface area contributed by atoms with Crippen molar-refractivity contribution in [1.82, 2.24) is 10.2 Å². The minimum Gasteiger partial charge on any atom is -0.480 e. The molecule has 1 fully saturated rings. The lowest BCUT2D eigenvalue weighted by molar-refractivity contribution is -0.141. The summed E-state index contributed by atoms with van der Waals surface area (Å²) in [6, 6.07) is -1.38. The third kappa shape index (κ3) is 5.31. The van der Waals surface area contributed by atoms with Crippen molar-refractivity contribution in [1.29, 1.82) is 0 Å². The van der Waals surface area contributed by atoms with Gasteiger partial charge in [0.05, 0.1) is 12.0 Å². The molecule has 6 nitrogen and oxygen atoms in total. The molecule has 2 N–H and O–H groups in total. The highest BCUT2D eigenvalue weighted by atomic mass is 32.2. The lowest BCUT2D eigenvalue weighted by Gasteiger charge is -2.29. The zero-order valence-corrected chi connectivity index (χ0v) is 12.7.